The number of hydrogen-bond acceptors (Lipinski definition) is 5. The third kappa shape index (κ3) is 4.26. The highest BCUT2D eigenvalue weighted by atomic mass is 32.2. The number of methoxy groups -OCH3 is 1. The molecule has 1 aliphatic heterocycles. The van der Waals surface area contributed by atoms with Crippen LogP contribution in [0.1, 0.15) is 22.1 Å². The number of rotatable bonds is 4. The Morgan fingerprint density at radius 2 is 1.61 bits per heavy atom. The number of anilines is 1. The van der Waals surface area contributed by atoms with E-state index in [2.05, 4.69) is 48.6 Å². The lowest BCUT2D eigenvalue weighted by molar-refractivity contribution is 0.415. The summed E-state index contributed by atoms with van der Waals surface area (Å²) >= 11 is 1.61. The van der Waals surface area contributed by atoms with Gasteiger partial charge in [0.2, 0.25) is 0 Å². The van der Waals surface area contributed by atoms with Crippen molar-refractivity contribution < 1.29 is 4.74 Å². The van der Waals surface area contributed by atoms with Gasteiger partial charge in [-0.05, 0) is 36.8 Å². The van der Waals surface area contributed by atoms with E-state index in [9.17, 15) is 0 Å². The highest BCUT2D eigenvalue weighted by Gasteiger charge is 2.21. The maximum absolute atomic E-state index is 5.24. The Hall–Kier alpha value is -3.05. The number of nitrogens with one attached hydrogen (secondary N) is 1. The number of benzene rings is 3. The van der Waals surface area contributed by atoms with Gasteiger partial charge in [0.05, 0.1) is 7.11 Å². The summed E-state index contributed by atoms with van der Waals surface area (Å²) in [6, 6.07) is 26.4. The molecule has 0 aliphatic carbocycles. The van der Waals surface area contributed by atoms with Crippen molar-refractivity contribution in [3.05, 3.63) is 95.6 Å². The van der Waals surface area contributed by atoms with Crippen LogP contribution in [-0.4, -0.2) is 18.1 Å². The summed E-state index contributed by atoms with van der Waals surface area (Å²) in [7, 11) is 1.66. The van der Waals surface area contributed by atoms with Gasteiger partial charge in [0.15, 0.2) is 11.0 Å². The average Bonchev–Trinajstić information content (AvgIpc) is 2.75. The molecule has 0 radical (unpaired) electrons. The van der Waals surface area contributed by atoms with Crippen LogP contribution in [-0.2, 0) is 0 Å². The maximum Gasteiger partial charge on any atom is 0.170 e. The molecule has 0 spiro atoms. The molecule has 1 unspecified atom stereocenters. The van der Waals surface area contributed by atoms with E-state index in [4.69, 9.17) is 14.7 Å². The van der Waals surface area contributed by atoms with Gasteiger partial charge in [-0.25, -0.2) is 9.98 Å². The molecule has 1 N–H and O–H groups in total. The van der Waals surface area contributed by atoms with Crippen LogP contribution in [0.15, 0.2) is 88.8 Å². The summed E-state index contributed by atoms with van der Waals surface area (Å²) in [4.78, 5) is 9.69. The van der Waals surface area contributed by atoms with E-state index >= 15 is 0 Å². The fourth-order valence-corrected chi connectivity index (χ4v) is 3.82. The van der Waals surface area contributed by atoms with Gasteiger partial charge in [-0.2, -0.15) is 0 Å². The zero-order chi connectivity index (χ0) is 19.3. The van der Waals surface area contributed by atoms with E-state index < -0.39 is 0 Å². The number of ether oxygens (including phenoxy) is 1. The first-order valence-electron chi connectivity index (χ1n) is 9.07. The van der Waals surface area contributed by atoms with Crippen molar-refractivity contribution in [2.75, 3.05) is 12.4 Å². The van der Waals surface area contributed by atoms with E-state index in [0.717, 1.165) is 33.6 Å². The van der Waals surface area contributed by atoms with Gasteiger partial charge in [0, 0.05) is 11.3 Å². The summed E-state index contributed by atoms with van der Waals surface area (Å²) < 4.78 is 5.24. The Morgan fingerprint density at radius 3 is 2.29 bits per heavy atom. The molecule has 0 saturated carbocycles. The predicted molar refractivity (Wildman–Crippen MR) is 119 cm³/mol. The third-order valence-electron chi connectivity index (χ3n) is 4.41. The van der Waals surface area contributed by atoms with Gasteiger partial charge in [0.25, 0.3) is 0 Å². The zero-order valence-corrected chi connectivity index (χ0v) is 16.6. The second kappa shape index (κ2) is 8.31. The van der Waals surface area contributed by atoms with Gasteiger partial charge < -0.3 is 10.1 Å². The third-order valence-corrected chi connectivity index (χ3v) is 5.42. The molecule has 0 aromatic heterocycles. The molecule has 3 aromatic rings. The Morgan fingerprint density at radius 1 is 0.893 bits per heavy atom. The van der Waals surface area contributed by atoms with Crippen molar-refractivity contribution >= 4 is 28.5 Å². The first kappa shape index (κ1) is 18.3. The number of hydrogen-bond donors (Lipinski definition) is 1. The first-order chi connectivity index (χ1) is 13.7. The second-order valence-corrected chi connectivity index (χ2v) is 7.54. The lowest BCUT2D eigenvalue weighted by atomic mass is 10.1. The zero-order valence-electron chi connectivity index (χ0n) is 15.8. The molecule has 0 amide bonds. The van der Waals surface area contributed by atoms with E-state index in [-0.39, 0.29) is 5.37 Å². The van der Waals surface area contributed by atoms with Crippen LogP contribution in [0.5, 0.6) is 5.75 Å². The van der Waals surface area contributed by atoms with Gasteiger partial charge in [-0.15, -0.1) is 0 Å². The summed E-state index contributed by atoms with van der Waals surface area (Å²) in [6.07, 6.45) is 0. The van der Waals surface area contributed by atoms with Crippen LogP contribution < -0.4 is 10.1 Å². The fraction of sp³-hybridized carbons (Fsp3) is 0.130. The average molecular weight is 388 g/mol. The molecule has 0 saturated heterocycles. The van der Waals surface area contributed by atoms with Crippen molar-refractivity contribution in [1.82, 2.24) is 0 Å². The molecule has 1 atom stereocenters. The van der Waals surface area contributed by atoms with Crippen LogP contribution >= 0.6 is 11.8 Å². The minimum absolute atomic E-state index is 0.0456. The molecular formula is C23H21N3OS. The molecule has 5 heteroatoms. The van der Waals surface area contributed by atoms with E-state index in [1.807, 2.05) is 42.5 Å². The fourth-order valence-electron chi connectivity index (χ4n) is 2.85. The quantitative estimate of drug-likeness (QED) is 0.628. The minimum atomic E-state index is -0.0456. The summed E-state index contributed by atoms with van der Waals surface area (Å²) in [5, 5.41) is 4.20. The van der Waals surface area contributed by atoms with Gasteiger partial charge in [-0.1, -0.05) is 71.9 Å². The number of aliphatic imine (C=N–C) groups is 2. The first-order valence-corrected chi connectivity index (χ1v) is 9.95. The molecule has 4 rings (SSSR count). The van der Waals surface area contributed by atoms with Crippen LogP contribution in [0.3, 0.4) is 0 Å². The second-order valence-electron chi connectivity index (χ2n) is 6.47. The lowest BCUT2D eigenvalue weighted by Gasteiger charge is -2.21. The maximum atomic E-state index is 5.24. The topological polar surface area (TPSA) is 46.0 Å². The molecule has 140 valence electrons. The normalized spacial score (nSPS) is 16.1. The minimum Gasteiger partial charge on any atom is -0.497 e. The van der Waals surface area contributed by atoms with Gasteiger partial charge in [-0.3, -0.25) is 0 Å². The lowest BCUT2D eigenvalue weighted by Crippen LogP contribution is -2.17. The summed E-state index contributed by atoms with van der Waals surface area (Å²) in [5.74, 6) is 1.57. The SMILES string of the molecule is COc1ccc(NC2=NC(c3ccc(C)cc3)=NC(c3ccccc3)S2)cc1. The molecule has 1 aliphatic rings. The van der Waals surface area contributed by atoms with Gasteiger partial charge >= 0.3 is 0 Å². The smallest absolute Gasteiger partial charge is 0.170 e. The molecule has 28 heavy (non-hydrogen) atoms. The number of nitrogens with zero attached hydrogens (tertiary/aromatic N) is 2. The Kier molecular flexibility index (Phi) is 5.44. The highest BCUT2D eigenvalue weighted by Crippen LogP contribution is 2.35. The summed E-state index contributed by atoms with van der Waals surface area (Å²) in [6.45, 7) is 2.08. The number of thioether (sulfide) groups is 1. The molecule has 0 bridgehead atoms. The monoisotopic (exact) mass is 387 g/mol. The Balaban J connectivity index is 1.66. The largest absolute Gasteiger partial charge is 0.497 e. The Bertz CT molecular complexity index is 996. The van der Waals surface area contributed by atoms with Crippen molar-refractivity contribution in [2.24, 2.45) is 9.98 Å². The molecule has 1 heterocycles. The number of aryl methyl sites for hydroxylation is 1. The highest BCUT2D eigenvalue weighted by molar-refractivity contribution is 8.14. The van der Waals surface area contributed by atoms with Crippen LogP contribution in [0.25, 0.3) is 0 Å². The molecule has 4 nitrogen and oxygen atoms in total. The van der Waals surface area contributed by atoms with E-state index in [0.29, 0.717) is 0 Å². The van der Waals surface area contributed by atoms with Crippen LogP contribution in [0.4, 0.5) is 5.69 Å². The van der Waals surface area contributed by atoms with Gasteiger partial charge in [0.1, 0.15) is 11.1 Å². The molecule has 0 fully saturated rings. The number of amidine groups is 2. The van der Waals surface area contributed by atoms with E-state index in [1.165, 1.54) is 5.56 Å². The summed E-state index contributed by atoms with van der Waals surface area (Å²) in [5.41, 5.74) is 4.35. The van der Waals surface area contributed by atoms with Crippen LogP contribution in [0, 0.1) is 6.92 Å². The van der Waals surface area contributed by atoms with Crippen molar-refractivity contribution in [2.45, 2.75) is 12.3 Å². The Labute approximate surface area is 169 Å². The van der Waals surface area contributed by atoms with E-state index in [1.54, 1.807) is 18.9 Å². The predicted octanol–water partition coefficient (Wildman–Crippen LogP) is 5.66. The standard InChI is InChI=1S/C23H21N3OS/c1-16-8-10-17(11-9-16)21-25-22(18-6-4-3-5-7-18)28-23(26-21)24-19-12-14-20(27-2)15-13-19/h3-15,22H,1-2H3,(H,24,25,26). The van der Waals surface area contributed by atoms with Crippen molar-refractivity contribution in [3.63, 3.8) is 0 Å². The van der Waals surface area contributed by atoms with Crippen molar-refractivity contribution in [1.29, 1.82) is 0 Å². The van der Waals surface area contributed by atoms with Crippen LogP contribution in [0.2, 0.25) is 0 Å². The van der Waals surface area contributed by atoms with Crippen molar-refractivity contribution in [3.8, 4) is 5.75 Å². The molecule has 3 aromatic carbocycles. The molecular weight excluding hydrogens is 366 g/mol.